The van der Waals surface area contributed by atoms with Crippen molar-refractivity contribution in [1.29, 1.82) is 0 Å². The minimum atomic E-state index is -0.225. The molecule has 5 aromatic rings. The van der Waals surface area contributed by atoms with E-state index in [2.05, 4.69) is 15.5 Å². The molecule has 0 spiro atoms. The maximum absolute atomic E-state index is 12.4. The normalized spacial score (nSPS) is 10.9. The van der Waals surface area contributed by atoms with Crippen molar-refractivity contribution in [2.24, 2.45) is 0 Å². The van der Waals surface area contributed by atoms with E-state index >= 15 is 0 Å². The summed E-state index contributed by atoms with van der Waals surface area (Å²) in [5.41, 5.74) is 4.44. The molecule has 2 heterocycles. The van der Waals surface area contributed by atoms with Gasteiger partial charge < -0.3 is 14.5 Å². The SMILES string of the molecule is COc1ccc(-c2cc(-c3nnc(SCC(=O)Nc4ccc(C(C)=O)cc4)o3)c3ccccc3n2)cc1. The number of ketones is 1. The van der Waals surface area contributed by atoms with E-state index in [-0.39, 0.29) is 22.7 Å². The molecule has 37 heavy (non-hydrogen) atoms. The summed E-state index contributed by atoms with van der Waals surface area (Å²) in [4.78, 5) is 28.6. The van der Waals surface area contributed by atoms with Crippen LogP contribution in [0, 0.1) is 0 Å². The molecule has 2 aromatic heterocycles. The van der Waals surface area contributed by atoms with E-state index in [4.69, 9.17) is 14.1 Å². The minimum Gasteiger partial charge on any atom is -0.497 e. The second kappa shape index (κ2) is 10.6. The lowest BCUT2D eigenvalue weighted by Crippen LogP contribution is -2.14. The number of Topliss-reactive ketones (excluding diaryl/α,β-unsaturated/α-hetero) is 1. The number of aromatic nitrogens is 3. The van der Waals surface area contributed by atoms with E-state index in [1.54, 1.807) is 31.4 Å². The number of carbonyl (C=O) groups is 2. The number of ether oxygens (including phenoxy) is 1. The van der Waals surface area contributed by atoms with Gasteiger partial charge >= 0.3 is 0 Å². The van der Waals surface area contributed by atoms with Crippen LogP contribution in [-0.4, -0.2) is 39.7 Å². The molecular formula is C28H22N4O4S. The van der Waals surface area contributed by atoms with Gasteiger partial charge in [0.2, 0.25) is 11.8 Å². The van der Waals surface area contributed by atoms with Gasteiger partial charge in [-0.05, 0) is 67.6 Å². The number of nitrogens with one attached hydrogen (secondary N) is 1. The number of benzene rings is 3. The summed E-state index contributed by atoms with van der Waals surface area (Å²) in [6, 6.07) is 24.1. The van der Waals surface area contributed by atoms with Gasteiger partial charge in [-0.1, -0.05) is 30.0 Å². The molecule has 8 nitrogen and oxygen atoms in total. The zero-order chi connectivity index (χ0) is 25.8. The Kier molecular flexibility index (Phi) is 6.96. The van der Waals surface area contributed by atoms with Gasteiger partial charge in [0, 0.05) is 22.2 Å². The van der Waals surface area contributed by atoms with Crippen LogP contribution >= 0.6 is 11.8 Å². The second-order valence-corrected chi connectivity index (χ2v) is 9.07. The van der Waals surface area contributed by atoms with Crippen LogP contribution in [-0.2, 0) is 4.79 Å². The number of nitrogens with zero attached hydrogens (tertiary/aromatic N) is 3. The van der Waals surface area contributed by atoms with Crippen LogP contribution in [0.1, 0.15) is 17.3 Å². The number of hydrogen-bond donors (Lipinski definition) is 1. The van der Waals surface area contributed by atoms with Crippen LogP contribution in [0.2, 0.25) is 0 Å². The molecule has 3 aromatic carbocycles. The summed E-state index contributed by atoms with van der Waals surface area (Å²) < 4.78 is 11.2. The number of hydrogen-bond acceptors (Lipinski definition) is 8. The molecule has 0 saturated heterocycles. The zero-order valence-corrected chi connectivity index (χ0v) is 20.9. The Bertz CT molecular complexity index is 1580. The summed E-state index contributed by atoms with van der Waals surface area (Å²) in [5.74, 6) is 0.941. The quantitative estimate of drug-likeness (QED) is 0.203. The molecule has 0 fully saturated rings. The number of rotatable bonds is 8. The highest BCUT2D eigenvalue weighted by Crippen LogP contribution is 2.33. The Morgan fingerprint density at radius 1 is 0.973 bits per heavy atom. The number of para-hydroxylation sites is 1. The highest BCUT2D eigenvalue weighted by molar-refractivity contribution is 7.99. The number of amides is 1. The minimum absolute atomic E-state index is 0.0290. The molecule has 9 heteroatoms. The molecule has 0 radical (unpaired) electrons. The molecule has 0 unspecified atom stereocenters. The first-order valence-electron chi connectivity index (χ1n) is 11.4. The summed E-state index contributed by atoms with van der Waals surface area (Å²) >= 11 is 1.15. The first-order valence-corrected chi connectivity index (χ1v) is 12.4. The van der Waals surface area contributed by atoms with Crippen molar-refractivity contribution in [3.8, 4) is 28.5 Å². The fourth-order valence-corrected chi connectivity index (χ4v) is 4.31. The Morgan fingerprint density at radius 2 is 1.73 bits per heavy atom. The van der Waals surface area contributed by atoms with Crippen LogP contribution in [0.4, 0.5) is 5.69 Å². The average Bonchev–Trinajstić information content (AvgIpc) is 3.40. The predicted octanol–water partition coefficient (Wildman–Crippen LogP) is 5.89. The van der Waals surface area contributed by atoms with E-state index in [1.165, 1.54) is 6.92 Å². The van der Waals surface area contributed by atoms with Crippen molar-refractivity contribution in [3.63, 3.8) is 0 Å². The van der Waals surface area contributed by atoms with Gasteiger partial charge in [-0.2, -0.15) is 0 Å². The average molecular weight is 511 g/mol. The highest BCUT2D eigenvalue weighted by atomic mass is 32.2. The largest absolute Gasteiger partial charge is 0.497 e. The van der Waals surface area contributed by atoms with Gasteiger partial charge in [0.1, 0.15) is 5.75 Å². The molecule has 0 aliphatic heterocycles. The van der Waals surface area contributed by atoms with Crippen molar-refractivity contribution in [1.82, 2.24) is 15.2 Å². The standard InChI is InChI=1S/C28H22N4O4S/c1-17(33)18-7-11-20(12-8-18)29-26(34)16-37-28-32-31-27(36-28)23-15-25(19-9-13-21(35-2)14-10-19)30-24-6-4-3-5-22(23)24/h3-15H,16H2,1-2H3,(H,29,34). The first-order chi connectivity index (χ1) is 18.0. The van der Waals surface area contributed by atoms with E-state index in [0.717, 1.165) is 45.2 Å². The Balaban J connectivity index is 1.34. The third-order valence-electron chi connectivity index (χ3n) is 5.64. The lowest BCUT2D eigenvalue weighted by molar-refractivity contribution is -0.113. The molecule has 184 valence electrons. The van der Waals surface area contributed by atoms with Crippen molar-refractivity contribution >= 4 is 40.0 Å². The number of fused-ring (bicyclic) bond motifs is 1. The van der Waals surface area contributed by atoms with Crippen molar-refractivity contribution in [2.75, 3.05) is 18.2 Å². The monoisotopic (exact) mass is 510 g/mol. The fraction of sp³-hybridized carbons (Fsp3) is 0.107. The molecule has 0 atom stereocenters. The number of thioether (sulfide) groups is 1. The molecule has 0 aliphatic rings. The zero-order valence-electron chi connectivity index (χ0n) is 20.1. The number of anilines is 1. The van der Waals surface area contributed by atoms with Gasteiger partial charge in [-0.25, -0.2) is 4.98 Å². The summed E-state index contributed by atoms with van der Waals surface area (Å²) in [7, 11) is 1.63. The molecule has 1 amide bonds. The number of methoxy groups -OCH3 is 1. The van der Waals surface area contributed by atoms with Crippen LogP contribution in [0.25, 0.3) is 33.6 Å². The molecule has 0 aliphatic carbocycles. The maximum Gasteiger partial charge on any atom is 0.277 e. The molecule has 0 bridgehead atoms. The van der Waals surface area contributed by atoms with Gasteiger partial charge in [-0.15, -0.1) is 10.2 Å². The van der Waals surface area contributed by atoms with Gasteiger partial charge in [-0.3, -0.25) is 9.59 Å². The van der Waals surface area contributed by atoms with Crippen LogP contribution < -0.4 is 10.1 Å². The lowest BCUT2D eigenvalue weighted by Gasteiger charge is -2.08. The fourth-order valence-electron chi connectivity index (χ4n) is 3.75. The molecule has 1 N–H and O–H groups in total. The van der Waals surface area contributed by atoms with E-state index in [0.29, 0.717) is 17.1 Å². The van der Waals surface area contributed by atoms with Crippen LogP contribution in [0.15, 0.2) is 88.5 Å². The van der Waals surface area contributed by atoms with Crippen molar-refractivity contribution in [3.05, 3.63) is 84.4 Å². The second-order valence-electron chi connectivity index (χ2n) is 8.14. The Morgan fingerprint density at radius 3 is 2.46 bits per heavy atom. The number of carbonyl (C=O) groups excluding carboxylic acids is 2. The Labute approximate surface area is 217 Å². The van der Waals surface area contributed by atoms with Gasteiger partial charge in [0.15, 0.2) is 5.78 Å². The summed E-state index contributed by atoms with van der Waals surface area (Å²) in [6.45, 7) is 1.50. The van der Waals surface area contributed by atoms with Crippen molar-refractivity contribution in [2.45, 2.75) is 12.1 Å². The lowest BCUT2D eigenvalue weighted by atomic mass is 10.0. The van der Waals surface area contributed by atoms with E-state index in [1.807, 2.05) is 54.6 Å². The Hall–Kier alpha value is -4.50. The molecule has 0 saturated carbocycles. The van der Waals surface area contributed by atoms with Gasteiger partial charge in [0.05, 0.1) is 29.6 Å². The smallest absolute Gasteiger partial charge is 0.277 e. The first kappa shape index (κ1) is 24.2. The topological polar surface area (TPSA) is 107 Å². The molecular weight excluding hydrogens is 488 g/mol. The van der Waals surface area contributed by atoms with Gasteiger partial charge in [0.25, 0.3) is 5.22 Å². The summed E-state index contributed by atoms with van der Waals surface area (Å²) in [6.07, 6.45) is 0. The third kappa shape index (κ3) is 5.52. The molecule has 5 rings (SSSR count). The third-order valence-corrected chi connectivity index (χ3v) is 6.46. The van der Waals surface area contributed by atoms with Crippen molar-refractivity contribution < 1.29 is 18.7 Å². The highest BCUT2D eigenvalue weighted by Gasteiger charge is 2.16. The maximum atomic E-state index is 12.4. The predicted molar refractivity (Wildman–Crippen MR) is 143 cm³/mol. The van der Waals surface area contributed by atoms with Crippen LogP contribution in [0.3, 0.4) is 0 Å². The van der Waals surface area contributed by atoms with E-state index in [9.17, 15) is 9.59 Å². The van der Waals surface area contributed by atoms with Crippen LogP contribution in [0.5, 0.6) is 5.75 Å². The number of pyridine rings is 1. The van der Waals surface area contributed by atoms with E-state index < -0.39 is 0 Å². The summed E-state index contributed by atoms with van der Waals surface area (Å²) in [5, 5.41) is 12.3.